The van der Waals surface area contributed by atoms with Gasteiger partial charge in [0.05, 0.1) is 0 Å². The van der Waals surface area contributed by atoms with E-state index in [1.807, 2.05) is 32.0 Å². The maximum absolute atomic E-state index is 5.90. The summed E-state index contributed by atoms with van der Waals surface area (Å²) in [6, 6.07) is 10.2. The molecule has 1 aromatic carbocycles. The minimum absolute atomic E-state index is 0.433. The molecule has 0 spiro atoms. The Hall–Kier alpha value is -1.87. The van der Waals surface area contributed by atoms with Crippen LogP contribution >= 0.6 is 0 Å². The van der Waals surface area contributed by atoms with Gasteiger partial charge in [-0.15, -0.1) is 0 Å². The van der Waals surface area contributed by atoms with Crippen LogP contribution < -0.4 is 10.5 Å². The highest BCUT2D eigenvalue weighted by molar-refractivity contribution is 5.39. The first-order valence-corrected chi connectivity index (χ1v) is 7.08. The third-order valence-corrected chi connectivity index (χ3v) is 3.32. The van der Waals surface area contributed by atoms with Gasteiger partial charge in [-0.05, 0) is 49.6 Å². The second kappa shape index (κ2) is 6.53. The summed E-state index contributed by atoms with van der Waals surface area (Å²) in [5.74, 6) is 1.42. The molecule has 3 nitrogen and oxygen atoms in total. The molecule has 0 saturated heterocycles. The van der Waals surface area contributed by atoms with Crippen molar-refractivity contribution in [2.45, 2.75) is 40.2 Å². The minimum Gasteiger partial charge on any atom is -0.439 e. The normalized spacial score (nSPS) is 10.6. The first kappa shape index (κ1) is 14.5. The van der Waals surface area contributed by atoms with Crippen LogP contribution in [0.25, 0.3) is 0 Å². The van der Waals surface area contributed by atoms with Gasteiger partial charge in [0.25, 0.3) is 0 Å². The minimum atomic E-state index is 0.433. The van der Waals surface area contributed by atoms with Crippen molar-refractivity contribution >= 4 is 0 Å². The first-order valence-electron chi connectivity index (χ1n) is 7.08. The number of nitrogens with zero attached hydrogens (tertiary/aromatic N) is 1. The number of hydrogen-bond acceptors (Lipinski definition) is 3. The lowest BCUT2D eigenvalue weighted by atomic mass is 10.1. The van der Waals surface area contributed by atoms with Crippen LogP contribution in [0.1, 0.15) is 35.7 Å². The summed E-state index contributed by atoms with van der Waals surface area (Å²) < 4.78 is 5.90. The molecule has 0 aliphatic carbocycles. The highest BCUT2D eigenvalue weighted by atomic mass is 16.5. The van der Waals surface area contributed by atoms with Gasteiger partial charge < -0.3 is 10.5 Å². The summed E-state index contributed by atoms with van der Waals surface area (Å²) >= 11 is 0. The van der Waals surface area contributed by atoms with Crippen LogP contribution in [0.3, 0.4) is 0 Å². The van der Waals surface area contributed by atoms with Crippen molar-refractivity contribution < 1.29 is 4.74 Å². The fourth-order valence-electron chi connectivity index (χ4n) is 2.29. The van der Waals surface area contributed by atoms with E-state index in [2.05, 4.69) is 24.0 Å². The lowest BCUT2D eigenvalue weighted by Crippen LogP contribution is -2.05. The van der Waals surface area contributed by atoms with Crippen LogP contribution in [0.4, 0.5) is 0 Å². The Bertz CT molecular complexity index is 576. The Morgan fingerprint density at radius 3 is 2.45 bits per heavy atom. The standard InChI is InChI=1S/C17H22N2O/c1-4-5-14-6-8-15(9-7-14)20-17-16(11-18)12(2)10-13(3)19-17/h6-10H,4-5,11,18H2,1-3H3. The number of benzene rings is 1. The van der Waals surface area contributed by atoms with E-state index in [0.717, 1.165) is 35.4 Å². The van der Waals surface area contributed by atoms with Crippen molar-refractivity contribution in [3.8, 4) is 11.6 Å². The number of aromatic nitrogens is 1. The molecular weight excluding hydrogens is 248 g/mol. The van der Waals surface area contributed by atoms with E-state index >= 15 is 0 Å². The van der Waals surface area contributed by atoms with Crippen molar-refractivity contribution in [1.82, 2.24) is 4.98 Å². The predicted molar refractivity (Wildman–Crippen MR) is 82.1 cm³/mol. The van der Waals surface area contributed by atoms with Crippen LogP contribution in [0.5, 0.6) is 11.6 Å². The third-order valence-electron chi connectivity index (χ3n) is 3.32. The largest absolute Gasteiger partial charge is 0.439 e. The van der Waals surface area contributed by atoms with Crippen molar-refractivity contribution in [3.05, 3.63) is 52.7 Å². The Morgan fingerprint density at radius 1 is 1.15 bits per heavy atom. The number of hydrogen-bond donors (Lipinski definition) is 1. The summed E-state index contributed by atoms with van der Waals surface area (Å²) in [7, 11) is 0. The zero-order valence-electron chi connectivity index (χ0n) is 12.4. The van der Waals surface area contributed by atoms with E-state index < -0.39 is 0 Å². The van der Waals surface area contributed by atoms with Gasteiger partial charge >= 0.3 is 0 Å². The number of rotatable bonds is 5. The molecule has 0 amide bonds. The van der Waals surface area contributed by atoms with Crippen molar-refractivity contribution in [1.29, 1.82) is 0 Å². The number of aryl methyl sites for hydroxylation is 3. The summed E-state index contributed by atoms with van der Waals surface area (Å²) in [5.41, 5.74) is 10.2. The second-order valence-electron chi connectivity index (χ2n) is 5.06. The van der Waals surface area contributed by atoms with Crippen molar-refractivity contribution in [2.24, 2.45) is 5.73 Å². The maximum Gasteiger partial charge on any atom is 0.224 e. The predicted octanol–water partition coefficient (Wildman–Crippen LogP) is 3.90. The van der Waals surface area contributed by atoms with Gasteiger partial charge in [-0.3, -0.25) is 0 Å². The molecule has 1 heterocycles. The summed E-state index contributed by atoms with van der Waals surface area (Å²) in [6.07, 6.45) is 2.24. The van der Waals surface area contributed by atoms with E-state index in [1.54, 1.807) is 0 Å². The Kier molecular flexibility index (Phi) is 4.74. The molecule has 20 heavy (non-hydrogen) atoms. The summed E-state index contributed by atoms with van der Waals surface area (Å²) in [4.78, 5) is 4.46. The molecule has 0 fully saturated rings. The first-order chi connectivity index (χ1) is 9.63. The highest BCUT2D eigenvalue weighted by Crippen LogP contribution is 2.26. The van der Waals surface area contributed by atoms with E-state index in [1.165, 1.54) is 5.56 Å². The van der Waals surface area contributed by atoms with Gasteiger partial charge in [0.2, 0.25) is 5.88 Å². The lowest BCUT2D eigenvalue weighted by Gasteiger charge is -2.12. The van der Waals surface area contributed by atoms with Crippen molar-refractivity contribution in [2.75, 3.05) is 0 Å². The average Bonchev–Trinajstić information content (AvgIpc) is 2.41. The summed E-state index contributed by atoms with van der Waals surface area (Å²) in [5, 5.41) is 0. The monoisotopic (exact) mass is 270 g/mol. The van der Waals surface area contributed by atoms with Gasteiger partial charge in [0.1, 0.15) is 5.75 Å². The molecule has 2 N–H and O–H groups in total. The SMILES string of the molecule is CCCc1ccc(Oc2nc(C)cc(C)c2CN)cc1. The van der Waals surface area contributed by atoms with Crippen LogP contribution in [0, 0.1) is 13.8 Å². The van der Waals surface area contributed by atoms with Gasteiger partial charge in [0, 0.05) is 17.8 Å². The van der Waals surface area contributed by atoms with Gasteiger partial charge in [-0.2, -0.15) is 0 Å². The van der Waals surface area contributed by atoms with Crippen LogP contribution in [0.15, 0.2) is 30.3 Å². The maximum atomic E-state index is 5.90. The molecule has 0 saturated carbocycles. The van der Waals surface area contributed by atoms with E-state index in [0.29, 0.717) is 12.4 Å². The molecule has 1 aromatic heterocycles. The molecule has 106 valence electrons. The molecule has 0 bridgehead atoms. The lowest BCUT2D eigenvalue weighted by molar-refractivity contribution is 0.454. The molecule has 0 radical (unpaired) electrons. The molecule has 0 atom stereocenters. The molecular formula is C17H22N2O. The molecule has 0 aliphatic rings. The van der Waals surface area contributed by atoms with Gasteiger partial charge in [-0.25, -0.2) is 4.98 Å². The van der Waals surface area contributed by atoms with Gasteiger partial charge in [-0.1, -0.05) is 25.5 Å². The zero-order chi connectivity index (χ0) is 14.5. The van der Waals surface area contributed by atoms with E-state index in [-0.39, 0.29) is 0 Å². The van der Waals surface area contributed by atoms with Crippen LogP contribution in [-0.2, 0) is 13.0 Å². The van der Waals surface area contributed by atoms with Gasteiger partial charge in [0.15, 0.2) is 0 Å². The van der Waals surface area contributed by atoms with E-state index in [9.17, 15) is 0 Å². The number of nitrogens with two attached hydrogens (primary N) is 1. The number of ether oxygens (including phenoxy) is 1. The molecule has 2 rings (SSSR count). The van der Waals surface area contributed by atoms with Crippen LogP contribution in [-0.4, -0.2) is 4.98 Å². The highest BCUT2D eigenvalue weighted by Gasteiger charge is 2.09. The molecule has 2 aromatic rings. The molecule has 0 aliphatic heterocycles. The zero-order valence-corrected chi connectivity index (χ0v) is 12.4. The fourth-order valence-corrected chi connectivity index (χ4v) is 2.29. The molecule has 3 heteroatoms. The quantitative estimate of drug-likeness (QED) is 0.896. The third kappa shape index (κ3) is 3.36. The Morgan fingerprint density at radius 2 is 1.85 bits per heavy atom. The summed E-state index contributed by atoms with van der Waals surface area (Å²) in [6.45, 7) is 6.61. The van der Waals surface area contributed by atoms with E-state index in [4.69, 9.17) is 10.5 Å². The average molecular weight is 270 g/mol. The Balaban J connectivity index is 2.25. The van der Waals surface area contributed by atoms with Crippen LogP contribution in [0.2, 0.25) is 0 Å². The Labute approximate surface area is 120 Å². The smallest absolute Gasteiger partial charge is 0.224 e. The topological polar surface area (TPSA) is 48.1 Å². The second-order valence-corrected chi connectivity index (χ2v) is 5.06. The van der Waals surface area contributed by atoms with Crippen molar-refractivity contribution in [3.63, 3.8) is 0 Å². The molecule has 0 unspecified atom stereocenters. The fraction of sp³-hybridized carbons (Fsp3) is 0.353. The number of pyridine rings is 1.